The highest BCUT2D eigenvalue weighted by atomic mass is 16.6. The molecule has 0 N–H and O–H groups in total. The summed E-state index contributed by atoms with van der Waals surface area (Å²) in [6.45, 7) is 6.57. The Balaban J connectivity index is 4.41. The molecule has 0 saturated carbocycles. The molecule has 0 amide bonds. The lowest BCUT2D eigenvalue weighted by Crippen LogP contribution is -2.30. The highest BCUT2D eigenvalue weighted by Gasteiger charge is 2.19. The molecule has 6 nitrogen and oxygen atoms in total. The fourth-order valence-corrected chi connectivity index (χ4v) is 9.06. The summed E-state index contributed by atoms with van der Waals surface area (Å²) in [6, 6.07) is 0. The van der Waals surface area contributed by atoms with Gasteiger partial charge < -0.3 is 14.2 Å². The molecule has 6 heteroatoms. The predicted octanol–water partition coefficient (Wildman–Crippen LogP) is 21.3. The van der Waals surface area contributed by atoms with Crippen LogP contribution < -0.4 is 0 Å². The van der Waals surface area contributed by atoms with Crippen LogP contribution in [0.5, 0.6) is 0 Å². The van der Waals surface area contributed by atoms with Crippen molar-refractivity contribution in [3.05, 3.63) is 72.9 Å². The van der Waals surface area contributed by atoms with E-state index in [4.69, 9.17) is 14.2 Å². The Morgan fingerprint density at radius 1 is 0.274 bits per heavy atom. The van der Waals surface area contributed by atoms with Crippen molar-refractivity contribution >= 4 is 17.9 Å². The van der Waals surface area contributed by atoms with Crippen LogP contribution in [0.2, 0.25) is 0 Å². The van der Waals surface area contributed by atoms with Crippen LogP contribution in [0.25, 0.3) is 0 Å². The number of unbranched alkanes of at least 4 members (excludes halogenated alkanes) is 38. The van der Waals surface area contributed by atoms with Crippen molar-refractivity contribution in [1.29, 1.82) is 0 Å². The molecule has 1 unspecified atom stereocenters. The van der Waals surface area contributed by atoms with Crippen LogP contribution in [0, 0.1) is 0 Å². The lowest BCUT2D eigenvalue weighted by molar-refractivity contribution is -0.167. The summed E-state index contributed by atoms with van der Waals surface area (Å²) >= 11 is 0. The Morgan fingerprint density at radius 3 is 0.863 bits per heavy atom. The van der Waals surface area contributed by atoms with Gasteiger partial charge in [0.1, 0.15) is 13.2 Å². The van der Waals surface area contributed by atoms with Crippen molar-refractivity contribution < 1.29 is 28.6 Å². The molecule has 0 fully saturated rings. The number of allylic oxidation sites excluding steroid dienone is 12. The molecule has 0 aromatic carbocycles. The summed E-state index contributed by atoms with van der Waals surface area (Å²) in [7, 11) is 0. The third kappa shape index (κ3) is 59.6. The van der Waals surface area contributed by atoms with E-state index in [0.717, 1.165) is 89.9 Å². The highest BCUT2D eigenvalue weighted by Crippen LogP contribution is 2.17. The third-order valence-corrected chi connectivity index (χ3v) is 13.8. The van der Waals surface area contributed by atoms with Crippen molar-refractivity contribution in [1.82, 2.24) is 0 Å². The number of carbonyl (C=O) groups is 3. The van der Waals surface area contributed by atoms with Crippen molar-refractivity contribution in [2.45, 2.75) is 322 Å². The van der Waals surface area contributed by atoms with Crippen LogP contribution in [0.1, 0.15) is 316 Å². The van der Waals surface area contributed by atoms with Gasteiger partial charge in [0.15, 0.2) is 6.10 Å². The molecule has 1 atom stereocenters. The first-order valence-electron chi connectivity index (χ1n) is 31.5. The van der Waals surface area contributed by atoms with E-state index >= 15 is 0 Å². The minimum Gasteiger partial charge on any atom is -0.462 e. The maximum absolute atomic E-state index is 12.9. The zero-order valence-corrected chi connectivity index (χ0v) is 48.4. The second-order valence-corrected chi connectivity index (χ2v) is 21.1. The van der Waals surface area contributed by atoms with Gasteiger partial charge in [0.05, 0.1) is 0 Å². The van der Waals surface area contributed by atoms with Crippen LogP contribution in [0.4, 0.5) is 0 Å². The first-order valence-corrected chi connectivity index (χ1v) is 31.5. The second kappa shape index (κ2) is 61.4. The fourth-order valence-electron chi connectivity index (χ4n) is 9.06. The lowest BCUT2D eigenvalue weighted by Gasteiger charge is -2.18. The number of hydrogen-bond donors (Lipinski definition) is 0. The first kappa shape index (κ1) is 69.8. The Kier molecular flexibility index (Phi) is 58.7. The van der Waals surface area contributed by atoms with Gasteiger partial charge in [-0.2, -0.15) is 0 Å². The summed E-state index contributed by atoms with van der Waals surface area (Å²) in [5.74, 6) is -0.904. The van der Waals surface area contributed by atoms with E-state index in [-0.39, 0.29) is 31.1 Å². The van der Waals surface area contributed by atoms with E-state index in [1.54, 1.807) is 0 Å². The molecule has 0 aromatic heterocycles. The van der Waals surface area contributed by atoms with Gasteiger partial charge in [0.2, 0.25) is 0 Å². The monoisotopic (exact) mass is 1020 g/mol. The normalized spacial score (nSPS) is 12.5. The molecule has 0 aliphatic rings. The second-order valence-electron chi connectivity index (χ2n) is 21.1. The van der Waals surface area contributed by atoms with Gasteiger partial charge in [-0.25, -0.2) is 0 Å². The van der Waals surface area contributed by atoms with E-state index in [1.807, 2.05) is 24.3 Å². The quantitative estimate of drug-likeness (QED) is 0.0199. The minimum absolute atomic E-state index is 0.0859. The molecule has 0 radical (unpaired) electrons. The molecule has 0 aliphatic carbocycles. The molecule has 0 aliphatic heterocycles. The predicted molar refractivity (Wildman–Crippen MR) is 316 cm³/mol. The van der Waals surface area contributed by atoms with Crippen LogP contribution in [-0.2, 0) is 28.6 Å². The Hall–Kier alpha value is -3.15. The summed E-state index contributed by atoms with van der Waals surface area (Å²) in [6.07, 6.45) is 79.0. The van der Waals surface area contributed by atoms with E-state index in [1.165, 1.54) is 186 Å². The number of carbonyl (C=O) groups excluding carboxylic acids is 3. The van der Waals surface area contributed by atoms with Gasteiger partial charge in [0.25, 0.3) is 0 Å². The molecule has 0 saturated heterocycles. The largest absolute Gasteiger partial charge is 0.462 e. The Labute approximate surface area is 453 Å². The molecule has 0 rings (SSSR count). The van der Waals surface area contributed by atoms with Gasteiger partial charge in [-0.1, -0.05) is 306 Å². The van der Waals surface area contributed by atoms with Gasteiger partial charge in [-0.05, 0) is 64.2 Å². The van der Waals surface area contributed by atoms with Gasteiger partial charge in [0, 0.05) is 19.3 Å². The lowest BCUT2D eigenvalue weighted by atomic mass is 10.0. The zero-order chi connectivity index (χ0) is 52.9. The topological polar surface area (TPSA) is 78.9 Å². The van der Waals surface area contributed by atoms with Crippen LogP contribution in [0.15, 0.2) is 72.9 Å². The van der Waals surface area contributed by atoms with Crippen LogP contribution >= 0.6 is 0 Å². The first-order chi connectivity index (χ1) is 36.0. The SMILES string of the molecule is CCC\C=C/C=C\C=C/C=C\C=C/CCCCCCCC(=O)OC(COC(=O)CCCCCCC/C=C\CCCCCCCCCCC)COC(=O)CCCCCCCCCCCCCCCCCCCCC. The number of rotatable bonds is 57. The average Bonchev–Trinajstić information content (AvgIpc) is 3.39. The van der Waals surface area contributed by atoms with E-state index in [0.29, 0.717) is 19.3 Å². The number of esters is 3. The van der Waals surface area contributed by atoms with E-state index in [9.17, 15) is 14.4 Å². The number of hydrogen-bond acceptors (Lipinski definition) is 6. The van der Waals surface area contributed by atoms with Crippen molar-refractivity contribution in [2.75, 3.05) is 13.2 Å². The molecule has 0 heterocycles. The fraction of sp³-hybridized carbons (Fsp3) is 0.776. The van der Waals surface area contributed by atoms with Crippen LogP contribution in [0.3, 0.4) is 0 Å². The summed E-state index contributed by atoms with van der Waals surface area (Å²) in [5, 5.41) is 0. The Bertz CT molecular complexity index is 1360. The Morgan fingerprint density at radius 2 is 0.534 bits per heavy atom. The minimum atomic E-state index is -0.792. The standard InChI is InChI=1S/C67H118O6/c1-4-7-10-13-16-19-22-25-28-31-34-37-39-42-45-48-51-54-57-60-66(69)72-63-64(73-67(70)61-58-55-52-49-46-43-40-36-33-30-27-24-21-18-15-12-9-6-3)62-71-65(68)59-56-53-50-47-44-41-38-35-32-29-26-23-20-17-14-11-8-5-2/h12,15,18,21,24,27,30,33,35-36,38,40,64H,4-11,13-14,16-17,19-20,22-23,25-26,28-29,31-32,34,37,39,41-63H2,1-3H3/b15-12-,21-18-,27-24-,33-30-,38-35-,40-36-. The van der Waals surface area contributed by atoms with E-state index in [2.05, 4.69) is 69.4 Å². The summed E-state index contributed by atoms with van der Waals surface area (Å²) < 4.78 is 16.9. The van der Waals surface area contributed by atoms with Gasteiger partial charge in [-0.3, -0.25) is 14.4 Å². The molecular formula is C67H118O6. The van der Waals surface area contributed by atoms with Crippen molar-refractivity contribution in [2.24, 2.45) is 0 Å². The molecular weight excluding hydrogens is 901 g/mol. The van der Waals surface area contributed by atoms with E-state index < -0.39 is 6.10 Å². The third-order valence-electron chi connectivity index (χ3n) is 13.8. The molecule has 0 aromatic rings. The van der Waals surface area contributed by atoms with Crippen molar-refractivity contribution in [3.63, 3.8) is 0 Å². The molecule has 0 bridgehead atoms. The maximum Gasteiger partial charge on any atom is 0.306 e. The smallest absolute Gasteiger partial charge is 0.306 e. The molecule has 73 heavy (non-hydrogen) atoms. The van der Waals surface area contributed by atoms with Gasteiger partial charge in [-0.15, -0.1) is 0 Å². The highest BCUT2D eigenvalue weighted by molar-refractivity contribution is 5.71. The summed E-state index contributed by atoms with van der Waals surface area (Å²) in [4.78, 5) is 38.3. The zero-order valence-electron chi connectivity index (χ0n) is 48.4. The molecule has 422 valence electrons. The van der Waals surface area contributed by atoms with Crippen molar-refractivity contribution in [3.8, 4) is 0 Å². The van der Waals surface area contributed by atoms with Gasteiger partial charge >= 0.3 is 17.9 Å². The summed E-state index contributed by atoms with van der Waals surface area (Å²) in [5.41, 5.74) is 0. The molecule has 0 spiro atoms. The van der Waals surface area contributed by atoms with Crippen LogP contribution in [-0.4, -0.2) is 37.2 Å². The maximum atomic E-state index is 12.9. The number of ether oxygens (including phenoxy) is 3. The average molecular weight is 1020 g/mol.